The molecular weight excluding hydrogens is 386 g/mol. The minimum atomic E-state index is -0.467. The van der Waals surface area contributed by atoms with E-state index in [1.165, 1.54) is 22.4 Å². The molecule has 2 aliphatic heterocycles. The average Bonchev–Trinajstić information content (AvgIpc) is 3.65. The topological polar surface area (TPSA) is 43.9 Å². The van der Waals surface area contributed by atoms with Gasteiger partial charge in [-0.15, -0.1) is 0 Å². The van der Waals surface area contributed by atoms with Crippen LogP contribution in [-0.4, -0.2) is 54.3 Å². The van der Waals surface area contributed by atoms with Gasteiger partial charge in [0.05, 0.1) is 0 Å². The highest BCUT2D eigenvalue weighted by molar-refractivity contribution is 5.91. The average molecular weight is 418 g/mol. The van der Waals surface area contributed by atoms with Crippen molar-refractivity contribution in [3.05, 3.63) is 64.7 Å². The SMILES string of the molecule is Cc1ccc(C)c(N2CCN(C(=O)[C@H]3c4ccccc4CCN3C(=O)C3CC3)CC2)c1. The largest absolute Gasteiger partial charge is 0.368 e. The Morgan fingerprint density at radius 2 is 1.61 bits per heavy atom. The molecule has 0 bridgehead atoms. The van der Waals surface area contributed by atoms with Gasteiger partial charge in [-0.1, -0.05) is 36.4 Å². The molecule has 0 radical (unpaired) electrons. The Labute approximate surface area is 184 Å². The Kier molecular flexibility index (Phi) is 5.20. The molecule has 0 unspecified atom stereocenters. The molecule has 5 heteroatoms. The number of carbonyl (C=O) groups excluding carboxylic acids is 2. The van der Waals surface area contributed by atoms with Crippen LogP contribution in [0.3, 0.4) is 0 Å². The van der Waals surface area contributed by atoms with E-state index in [2.05, 4.69) is 43.0 Å². The number of carbonyl (C=O) groups is 2. The van der Waals surface area contributed by atoms with Crippen molar-refractivity contribution in [2.45, 2.75) is 39.2 Å². The van der Waals surface area contributed by atoms with Gasteiger partial charge in [-0.2, -0.15) is 0 Å². The first-order chi connectivity index (χ1) is 15.0. The predicted octanol–water partition coefficient (Wildman–Crippen LogP) is 3.49. The van der Waals surface area contributed by atoms with E-state index in [4.69, 9.17) is 0 Å². The molecule has 162 valence electrons. The van der Waals surface area contributed by atoms with Gasteiger partial charge in [0.25, 0.3) is 0 Å². The Hall–Kier alpha value is -2.82. The van der Waals surface area contributed by atoms with Crippen molar-refractivity contribution in [3.63, 3.8) is 0 Å². The van der Waals surface area contributed by atoms with Gasteiger partial charge in [-0.3, -0.25) is 9.59 Å². The summed E-state index contributed by atoms with van der Waals surface area (Å²) in [5.41, 5.74) is 6.01. The fourth-order valence-corrected chi connectivity index (χ4v) is 5.04. The fraction of sp³-hybridized carbons (Fsp3) is 0.462. The molecule has 3 aliphatic rings. The summed E-state index contributed by atoms with van der Waals surface area (Å²) >= 11 is 0. The summed E-state index contributed by atoms with van der Waals surface area (Å²) in [7, 11) is 0. The summed E-state index contributed by atoms with van der Waals surface area (Å²) in [4.78, 5) is 33.0. The lowest BCUT2D eigenvalue weighted by atomic mass is 9.91. The molecule has 2 aromatic carbocycles. The molecule has 0 spiro atoms. The lowest BCUT2D eigenvalue weighted by Crippen LogP contribution is -2.54. The molecule has 2 aromatic rings. The van der Waals surface area contributed by atoms with Gasteiger partial charge in [0, 0.05) is 44.3 Å². The molecule has 1 saturated carbocycles. The van der Waals surface area contributed by atoms with Crippen LogP contribution in [0.4, 0.5) is 5.69 Å². The number of rotatable bonds is 3. The van der Waals surface area contributed by atoms with Crippen LogP contribution >= 0.6 is 0 Å². The van der Waals surface area contributed by atoms with Gasteiger partial charge in [-0.05, 0) is 61.4 Å². The Balaban J connectivity index is 1.36. The monoisotopic (exact) mass is 417 g/mol. The maximum absolute atomic E-state index is 13.8. The van der Waals surface area contributed by atoms with Gasteiger partial charge >= 0.3 is 0 Å². The third-order valence-electron chi connectivity index (χ3n) is 7.02. The first-order valence-electron chi connectivity index (χ1n) is 11.5. The van der Waals surface area contributed by atoms with Crippen LogP contribution in [-0.2, 0) is 16.0 Å². The fourth-order valence-electron chi connectivity index (χ4n) is 5.04. The summed E-state index contributed by atoms with van der Waals surface area (Å²) in [5.74, 6) is 0.380. The highest BCUT2D eigenvalue weighted by Gasteiger charge is 2.43. The molecule has 1 atom stereocenters. The standard InChI is InChI=1S/C26H31N3O2/c1-18-7-8-19(2)23(17-18)27-13-15-28(16-14-27)26(31)24-22-6-4-3-5-20(22)11-12-29(24)25(30)21-9-10-21/h3-8,17,21,24H,9-16H2,1-2H3/t24-/m1/s1. The number of amides is 2. The molecule has 2 heterocycles. The highest BCUT2D eigenvalue weighted by Crippen LogP contribution is 2.38. The number of hydrogen-bond donors (Lipinski definition) is 0. The van der Waals surface area contributed by atoms with Crippen molar-refractivity contribution < 1.29 is 9.59 Å². The molecule has 1 aliphatic carbocycles. The minimum absolute atomic E-state index is 0.0850. The van der Waals surface area contributed by atoms with Crippen LogP contribution in [0.15, 0.2) is 42.5 Å². The van der Waals surface area contributed by atoms with Crippen LogP contribution in [0.1, 0.15) is 41.1 Å². The number of nitrogens with zero attached hydrogens (tertiary/aromatic N) is 3. The normalized spacial score (nSPS) is 21.1. The van der Waals surface area contributed by atoms with Gasteiger partial charge in [0.15, 0.2) is 0 Å². The zero-order chi connectivity index (χ0) is 21.5. The van der Waals surface area contributed by atoms with E-state index in [0.29, 0.717) is 19.6 Å². The van der Waals surface area contributed by atoms with Crippen molar-refractivity contribution in [3.8, 4) is 0 Å². The van der Waals surface area contributed by atoms with Crippen molar-refractivity contribution in [2.75, 3.05) is 37.6 Å². The second-order valence-electron chi connectivity index (χ2n) is 9.26. The summed E-state index contributed by atoms with van der Waals surface area (Å²) in [6, 6.07) is 14.2. The molecule has 31 heavy (non-hydrogen) atoms. The van der Waals surface area contributed by atoms with E-state index in [-0.39, 0.29) is 17.7 Å². The van der Waals surface area contributed by atoms with Crippen LogP contribution in [0.5, 0.6) is 0 Å². The smallest absolute Gasteiger partial charge is 0.250 e. The number of anilines is 1. The van der Waals surface area contributed by atoms with Crippen molar-refractivity contribution in [2.24, 2.45) is 5.92 Å². The molecule has 2 amide bonds. The number of fused-ring (bicyclic) bond motifs is 1. The van der Waals surface area contributed by atoms with E-state index in [1.54, 1.807) is 0 Å². The molecule has 5 rings (SSSR count). The third-order valence-corrected chi connectivity index (χ3v) is 7.02. The van der Waals surface area contributed by atoms with E-state index >= 15 is 0 Å². The van der Waals surface area contributed by atoms with E-state index in [1.807, 2.05) is 28.0 Å². The van der Waals surface area contributed by atoms with Crippen molar-refractivity contribution in [1.82, 2.24) is 9.80 Å². The van der Waals surface area contributed by atoms with Crippen LogP contribution in [0.2, 0.25) is 0 Å². The third kappa shape index (κ3) is 3.82. The lowest BCUT2D eigenvalue weighted by molar-refractivity contribution is -0.147. The maximum atomic E-state index is 13.8. The van der Waals surface area contributed by atoms with Gasteiger partial charge in [0.2, 0.25) is 11.8 Å². The Morgan fingerprint density at radius 1 is 0.871 bits per heavy atom. The molecular formula is C26H31N3O2. The summed E-state index contributed by atoms with van der Waals surface area (Å²) in [6.07, 6.45) is 2.76. The van der Waals surface area contributed by atoms with Crippen LogP contribution in [0.25, 0.3) is 0 Å². The highest BCUT2D eigenvalue weighted by atomic mass is 16.2. The van der Waals surface area contributed by atoms with Crippen molar-refractivity contribution in [1.29, 1.82) is 0 Å². The molecule has 2 fully saturated rings. The van der Waals surface area contributed by atoms with Crippen LogP contribution in [0, 0.1) is 19.8 Å². The Bertz CT molecular complexity index is 1010. The number of aryl methyl sites for hydroxylation is 2. The Morgan fingerprint density at radius 3 is 2.35 bits per heavy atom. The first-order valence-corrected chi connectivity index (χ1v) is 11.5. The lowest BCUT2D eigenvalue weighted by Gasteiger charge is -2.42. The number of hydrogen-bond acceptors (Lipinski definition) is 3. The number of benzene rings is 2. The van der Waals surface area contributed by atoms with E-state index in [9.17, 15) is 9.59 Å². The summed E-state index contributed by atoms with van der Waals surface area (Å²) in [5, 5.41) is 0. The predicted molar refractivity (Wildman–Crippen MR) is 122 cm³/mol. The van der Waals surface area contributed by atoms with Gasteiger partial charge in [-0.25, -0.2) is 0 Å². The maximum Gasteiger partial charge on any atom is 0.250 e. The van der Waals surface area contributed by atoms with Crippen LogP contribution < -0.4 is 4.90 Å². The zero-order valence-corrected chi connectivity index (χ0v) is 18.5. The summed E-state index contributed by atoms with van der Waals surface area (Å²) < 4.78 is 0. The van der Waals surface area contributed by atoms with Gasteiger partial charge in [0.1, 0.15) is 6.04 Å². The second-order valence-corrected chi connectivity index (χ2v) is 9.26. The minimum Gasteiger partial charge on any atom is -0.368 e. The number of piperazine rings is 1. The molecule has 0 N–H and O–H groups in total. The van der Waals surface area contributed by atoms with E-state index < -0.39 is 6.04 Å². The molecule has 5 nitrogen and oxygen atoms in total. The summed E-state index contributed by atoms with van der Waals surface area (Å²) in [6.45, 7) is 7.93. The van der Waals surface area contributed by atoms with E-state index in [0.717, 1.165) is 37.9 Å². The second kappa shape index (κ2) is 8.03. The zero-order valence-electron chi connectivity index (χ0n) is 18.5. The molecule has 1 saturated heterocycles. The first kappa shape index (κ1) is 20.1. The molecule has 0 aromatic heterocycles. The van der Waals surface area contributed by atoms with Crippen molar-refractivity contribution >= 4 is 17.5 Å². The quantitative estimate of drug-likeness (QED) is 0.768. The van der Waals surface area contributed by atoms with Gasteiger partial charge < -0.3 is 14.7 Å².